The van der Waals surface area contributed by atoms with Crippen molar-refractivity contribution in [3.63, 3.8) is 0 Å². The smallest absolute Gasteiger partial charge is 0.315 e. The molecule has 3 rings (SSSR count). The number of aromatic nitrogens is 1. The lowest BCUT2D eigenvalue weighted by Crippen LogP contribution is -2.43. The van der Waals surface area contributed by atoms with Gasteiger partial charge in [-0.1, -0.05) is 36.7 Å². The molecular weight excluding hydrogens is 364 g/mol. The Labute approximate surface area is 162 Å². The summed E-state index contributed by atoms with van der Waals surface area (Å²) in [6.45, 7) is 0.472. The minimum Gasteiger partial charge on any atom is -0.494 e. The molecule has 1 aliphatic rings. The van der Waals surface area contributed by atoms with Crippen molar-refractivity contribution >= 4 is 38.6 Å². The van der Waals surface area contributed by atoms with Crippen molar-refractivity contribution in [1.29, 1.82) is 0 Å². The van der Waals surface area contributed by atoms with Crippen LogP contribution >= 0.6 is 11.3 Å². The Morgan fingerprint density at radius 2 is 2.07 bits per heavy atom. The number of para-hydroxylation sites is 1. The molecule has 3 N–H and O–H groups in total. The number of nitrogens with one attached hydrogen (secondary N) is 3. The van der Waals surface area contributed by atoms with Gasteiger partial charge in [0.1, 0.15) is 11.3 Å². The maximum Gasteiger partial charge on any atom is 0.315 e. The monoisotopic (exact) mass is 390 g/mol. The van der Waals surface area contributed by atoms with Crippen molar-refractivity contribution in [1.82, 2.24) is 15.6 Å². The first-order valence-corrected chi connectivity index (χ1v) is 10.2. The summed E-state index contributed by atoms with van der Waals surface area (Å²) in [5.74, 6) is 0.583. The number of carbonyl (C=O) groups is 2. The molecule has 0 unspecified atom stereocenters. The number of methoxy groups -OCH3 is 1. The predicted molar refractivity (Wildman–Crippen MR) is 107 cm³/mol. The van der Waals surface area contributed by atoms with Crippen LogP contribution in [0.1, 0.15) is 44.9 Å². The van der Waals surface area contributed by atoms with Gasteiger partial charge < -0.3 is 20.7 Å². The molecule has 0 saturated heterocycles. The van der Waals surface area contributed by atoms with Crippen molar-refractivity contribution in [3.05, 3.63) is 18.2 Å². The summed E-state index contributed by atoms with van der Waals surface area (Å²) in [4.78, 5) is 28.4. The second-order valence-corrected chi connectivity index (χ2v) is 7.74. The number of benzene rings is 1. The van der Waals surface area contributed by atoms with Crippen LogP contribution in [-0.2, 0) is 4.79 Å². The Bertz CT molecular complexity index is 786. The van der Waals surface area contributed by atoms with Gasteiger partial charge in [-0.25, -0.2) is 9.78 Å². The highest BCUT2D eigenvalue weighted by Gasteiger charge is 2.15. The molecule has 0 aliphatic heterocycles. The number of fused-ring (bicyclic) bond motifs is 1. The zero-order chi connectivity index (χ0) is 19.1. The highest BCUT2D eigenvalue weighted by molar-refractivity contribution is 7.22. The van der Waals surface area contributed by atoms with E-state index in [0.717, 1.165) is 23.1 Å². The molecule has 0 spiro atoms. The molecule has 27 heavy (non-hydrogen) atoms. The van der Waals surface area contributed by atoms with E-state index in [1.54, 1.807) is 7.11 Å². The minimum absolute atomic E-state index is 0.109. The molecule has 1 aromatic heterocycles. The average molecular weight is 391 g/mol. The number of anilines is 1. The Morgan fingerprint density at radius 3 is 2.85 bits per heavy atom. The van der Waals surface area contributed by atoms with E-state index in [2.05, 4.69) is 20.9 Å². The van der Waals surface area contributed by atoms with Crippen molar-refractivity contribution in [2.45, 2.75) is 51.0 Å². The van der Waals surface area contributed by atoms with Gasteiger partial charge in [-0.2, -0.15) is 0 Å². The molecule has 0 radical (unpaired) electrons. The van der Waals surface area contributed by atoms with Gasteiger partial charge in [-0.15, -0.1) is 0 Å². The number of amides is 3. The van der Waals surface area contributed by atoms with Gasteiger partial charge in [0.2, 0.25) is 5.91 Å². The van der Waals surface area contributed by atoms with Gasteiger partial charge in [-0.05, 0) is 31.4 Å². The van der Waals surface area contributed by atoms with Gasteiger partial charge in [-0.3, -0.25) is 4.79 Å². The molecule has 0 bridgehead atoms. The fraction of sp³-hybridized carbons (Fsp3) is 0.526. The van der Waals surface area contributed by atoms with E-state index < -0.39 is 0 Å². The topological polar surface area (TPSA) is 92.4 Å². The number of nitrogens with zero attached hydrogens (tertiary/aromatic N) is 1. The summed E-state index contributed by atoms with van der Waals surface area (Å²) in [7, 11) is 1.60. The molecule has 146 valence electrons. The first-order chi connectivity index (χ1) is 13.2. The van der Waals surface area contributed by atoms with E-state index in [-0.39, 0.29) is 18.0 Å². The zero-order valence-corrected chi connectivity index (χ0v) is 16.4. The maximum atomic E-state index is 12.1. The molecule has 3 amide bonds. The van der Waals surface area contributed by atoms with Crippen LogP contribution in [-0.4, -0.2) is 36.6 Å². The normalized spacial score (nSPS) is 14.7. The van der Waals surface area contributed by atoms with Gasteiger partial charge in [0.15, 0.2) is 5.13 Å². The van der Waals surface area contributed by atoms with Crippen LogP contribution in [0.4, 0.5) is 9.93 Å². The summed E-state index contributed by atoms with van der Waals surface area (Å²) in [5.41, 5.74) is 0.751. The standard InChI is InChI=1S/C19H26N4O3S/c1-26-14-9-5-10-15-17(14)23-19(27-15)22-16(24)11-6-12-20-18(25)21-13-7-3-2-4-8-13/h5,9-10,13H,2-4,6-8,11-12H2,1H3,(H2,20,21,25)(H,22,23,24). The third kappa shape index (κ3) is 5.56. The van der Waals surface area contributed by atoms with Crippen LogP contribution in [0.15, 0.2) is 18.2 Å². The highest BCUT2D eigenvalue weighted by Crippen LogP contribution is 2.32. The number of carbonyl (C=O) groups excluding carboxylic acids is 2. The van der Waals surface area contributed by atoms with Gasteiger partial charge in [0, 0.05) is 19.0 Å². The number of thiazole rings is 1. The number of ether oxygens (including phenoxy) is 1. The maximum absolute atomic E-state index is 12.1. The van der Waals surface area contributed by atoms with Crippen LogP contribution in [0.25, 0.3) is 10.2 Å². The van der Waals surface area contributed by atoms with E-state index in [4.69, 9.17) is 4.74 Å². The van der Waals surface area contributed by atoms with Crippen molar-refractivity contribution in [3.8, 4) is 5.75 Å². The van der Waals surface area contributed by atoms with Crippen molar-refractivity contribution in [2.24, 2.45) is 0 Å². The summed E-state index contributed by atoms with van der Waals surface area (Å²) in [6.07, 6.45) is 6.66. The first-order valence-electron chi connectivity index (χ1n) is 9.43. The second kappa shape index (κ2) is 9.55. The molecule has 7 nitrogen and oxygen atoms in total. The van der Waals surface area contributed by atoms with Crippen molar-refractivity contribution < 1.29 is 14.3 Å². The van der Waals surface area contributed by atoms with Crippen molar-refractivity contribution in [2.75, 3.05) is 19.0 Å². The van der Waals surface area contributed by atoms with E-state index in [0.29, 0.717) is 30.3 Å². The Morgan fingerprint density at radius 1 is 1.26 bits per heavy atom. The Hall–Kier alpha value is -2.35. The summed E-state index contributed by atoms with van der Waals surface area (Å²) in [5, 5.41) is 9.21. The molecule has 0 atom stereocenters. The number of hydrogen-bond acceptors (Lipinski definition) is 5. The lowest BCUT2D eigenvalue weighted by Gasteiger charge is -2.22. The predicted octanol–water partition coefficient (Wildman–Crippen LogP) is 3.66. The highest BCUT2D eigenvalue weighted by atomic mass is 32.1. The van der Waals surface area contributed by atoms with E-state index in [9.17, 15) is 9.59 Å². The van der Waals surface area contributed by atoms with Crippen LogP contribution in [0.2, 0.25) is 0 Å². The van der Waals surface area contributed by atoms with E-state index >= 15 is 0 Å². The second-order valence-electron chi connectivity index (χ2n) is 6.71. The lowest BCUT2D eigenvalue weighted by molar-refractivity contribution is -0.116. The molecule has 2 aromatic rings. The van der Waals surface area contributed by atoms with Gasteiger partial charge in [0.25, 0.3) is 0 Å². The quantitative estimate of drug-likeness (QED) is 0.629. The van der Waals surface area contributed by atoms with E-state index in [1.165, 1.54) is 30.6 Å². The van der Waals surface area contributed by atoms with E-state index in [1.807, 2.05) is 18.2 Å². The van der Waals surface area contributed by atoms with Gasteiger partial charge in [0.05, 0.1) is 11.8 Å². The fourth-order valence-electron chi connectivity index (χ4n) is 3.26. The molecule has 1 heterocycles. The lowest BCUT2D eigenvalue weighted by atomic mass is 9.96. The Kier molecular flexibility index (Phi) is 6.86. The number of rotatable bonds is 7. The molecule has 1 aromatic carbocycles. The first kappa shape index (κ1) is 19.4. The molecule has 1 saturated carbocycles. The van der Waals surface area contributed by atoms with Crippen LogP contribution in [0, 0.1) is 0 Å². The van der Waals surface area contributed by atoms with Crippen LogP contribution in [0.5, 0.6) is 5.75 Å². The van der Waals surface area contributed by atoms with Crippen LogP contribution < -0.4 is 20.7 Å². The zero-order valence-electron chi connectivity index (χ0n) is 15.5. The molecular formula is C19H26N4O3S. The Balaban J connectivity index is 1.38. The number of hydrogen-bond donors (Lipinski definition) is 3. The fourth-order valence-corrected chi connectivity index (χ4v) is 4.16. The SMILES string of the molecule is COc1cccc2sc(NC(=O)CCCNC(=O)NC3CCCCC3)nc12. The minimum atomic E-state index is -0.138. The summed E-state index contributed by atoms with van der Waals surface area (Å²) in [6, 6.07) is 5.84. The third-order valence-corrected chi connectivity index (χ3v) is 5.59. The third-order valence-electron chi connectivity index (χ3n) is 4.65. The summed E-state index contributed by atoms with van der Waals surface area (Å²) < 4.78 is 6.25. The number of urea groups is 1. The molecule has 1 fully saturated rings. The largest absolute Gasteiger partial charge is 0.494 e. The van der Waals surface area contributed by atoms with Crippen LogP contribution in [0.3, 0.4) is 0 Å². The average Bonchev–Trinajstić information content (AvgIpc) is 3.08. The van der Waals surface area contributed by atoms with Gasteiger partial charge >= 0.3 is 6.03 Å². The molecule has 1 aliphatic carbocycles. The molecule has 8 heteroatoms. The summed E-state index contributed by atoms with van der Waals surface area (Å²) >= 11 is 1.42.